The summed E-state index contributed by atoms with van der Waals surface area (Å²) >= 11 is 4.79. The molecular formula is C30H30ClF7N4O4. The van der Waals surface area contributed by atoms with Gasteiger partial charge in [0.1, 0.15) is 17.1 Å². The van der Waals surface area contributed by atoms with Crippen molar-refractivity contribution in [1.82, 2.24) is 15.1 Å². The maximum atomic E-state index is 14.3. The third-order valence-corrected chi connectivity index (χ3v) is 9.09. The van der Waals surface area contributed by atoms with E-state index in [2.05, 4.69) is 19.9 Å². The molecular weight excluding hydrogens is 649 g/mol. The molecule has 3 fully saturated rings. The molecule has 0 aliphatic heterocycles. The number of ether oxygens (including phenoxy) is 2. The first-order valence-electron chi connectivity index (χ1n) is 14.3. The third-order valence-electron chi connectivity index (χ3n) is 9.01. The van der Waals surface area contributed by atoms with Crippen LogP contribution in [0.25, 0.3) is 11.1 Å². The van der Waals surface area contributed by atoms with Crippen molar-refractivity contribution < 1.29 is 49.5 Å². The number of amides is 1. The van der Waals surface area contributed by atoms with Crippen LogP contribution in [-0.4, -0.2) is 45.1 Å². The van der Waals surface area contributed by atoms with Gasteiger partial charge in [-0.05, 0) is 87.8 Å². The molecule has 3 saturated carbocycles. The summed E-state index contributed by atoms with van der Waals surface area (Å²) < 4.78 is 111. The van der Waals surface area contributed by atoms with E-state index < -0.39 is 46.0 Å². The summed E-state index contributed by atoms with van der Waals surface area (Å²) in [6.45, 7) is 2.16. The molecule has 0 radical (unpaired) electrons. The molecule has 2 heterocycles. The lowest BCUT2D eigenvalue weighted by Crippen LogP contribution is -2.58. The molecule has 3 aromatic rings. The van der Waals surface area contributed by atoms with Crippen LogP contribution < -0.4 is 9.64 Å². The van der Waals surface area contributed by atoms with Gasteiger partial charge >= 0.3 is 23.8 Å². The van der Waals surface area contributed by atoms with Crippen molar-refractivity contribution >= 4 is 23.5 Å². The van der Waals surface area contributed by atoms with Gasteiger partial charge in [-0.15, -0.1) is 8.78 Å². The first kappa shape index (κ1) is 33.7. The van der Waals surface area contributed by atoms with Crippen molar-refractivity contribution in [1.29, 1.82) is 0 Å². The summed E-state index contributed by atoms with van der Waals surface area (Å²) in [6, 6.07) is 7.93. The molecule has 6 rings (SSSR count). The van der Waals surface area contributed by atoms with Gasteiger partial charge in [0.15, 0.2) is 5.82 Å². The molecule has 46 heavy (non-hydrogen) atoms. The first-order chi connectivity index (χ1) is 21.2. The lowest BCUT2D eigenvalue weighted by molar-refractivity contribution is -0.176. The molecule has 0 saturated heterocycles. The second-order valence-corrected chi connectivity index (χ2v) is 13.0. The minimum absolute atomic E-state index is 0.163. The van der Waals surface area contributed by atoms with E-state index in [1.807, 2.05) is 0 Å². The van der Waals surface area contributed by atoms with Crippen LogP contribution in [-0.2, 0) is 16.1 Å². The van der Waals surface area contributed by atoms with E-state index in [9.17, 15) is 35.5 Å². The Kier molecular flexibility index (Phi) is 8.48. The number of pyridine rings is 1. The van der Waals surface area contributed by atoms with Gasteiger partial charge in [0.05, 0.1) is 6.61 Å². The fourth-order valence-corrected chi connectivity index (χ4v) is 6.11. The SMILES string of the molecule is CC(F)(F)c1nc(C23CCC(COC(=O)N(c4cc(-c5ccc(OC(F)(F)Cl)cc5)ccn4)C(C)(C)C(F)(F)F)(CC2)CC3)no1. The molecule has 1 amide bonds. The second kappa shape index (κ2) is 11.6. The van der Waals surface area contributed by atoms with Crippen molar-refractivity contribution in [3.8, 4) is 16.9 Å². The predicted octanol–water partition coefficient (Wildman–Crippen LogP) is 8.99. The van der Waals surface area contributed by atoms with Gasteiger partial charge in [0.25, 0.3) is 5.89 Å². The fourth-order valence-electron chi connectivity index (χ4n) is 6.02. The highest BCUT2D eigenvalue weighted by atomic mass is 35.5. The summed E-state index contributed by atoms with van der Waals surface area (Å²) in [7, 11) is 0. The van der Waals surface area contributed by atoms with E-state index >= 15 is 0 Å². The van der Waals surface area contributed by atoms with Gasteiger partial charge in [-0.2, -0.15) is 26.9 Å². The van der Waals surface area contributed by atoms with E-state index in [1.165, 1.54) is 42.6 Å². The number of alkyl halides is 8. The molecule has 1 aromatic carbocycles. The molecule has 2 bridgehead atoms. The summed E-state index contributed by atoms with van der Waals surface area (Å²) in [6.07, 6.45) is -1.87. The zero-order valence-corrected chi connectivity index (χ0v) is 25.7. The van der Waals surface area contributed by atoms with E-state index in [0.717, 1.165) is 13.8 Å². The van der Waals surface area contributed by atoms with E-state index in [4.69, 9.17) is 20.9 Å². The van der Waals surface area contributed by atoms with Crippen LogP contribution in [0.2, 0.25) is 0 Å². The van der Waals surface area contributed by atoms with Crippen LogP contribution in [0.1, 0.15) is 71.0 Å². The Hall–Kier alpha value is -3.62. The zero-order valence-electron chi connectivity index (χ0n) is 24.9. The lowest BCUT2D eigenvalue weighted by atomic mass is 9.53. The normalized spacial score (nSPS) is 22.1. The molecule has 8 nitrogen and oxygen atoms in total. The standard InChI is InChI=1S/C30H30ClF7N4O4/c1-25(2,29(34,35)36)42(21-16-19(8-15-39-21)18-4-6-20(7-5-18)45-30(31,37)38)24(43)44-17-27-9-12-28(13-10-27,14-11-27)22-40-23(46-41-22)26(3,32)33/h4-8,15-16H,9-14,17H2,1-3H3. The predicted molar refractivity (Wildman–Crippen MR) is 151 cm³/mol. The first-order valence-corrected chi connectivity index (χ1v) is 14.7. The van der Waals surface area contributed by atoms with E-state index in [1.54, 1.807) is 0 Å². The van der Waals surface area contributed by atoms with Crippen LogP contribution >= 0.6 is 11.6 Å². The minimum atomic E-state index is -4.89. The molecule has 3 aliphatic rings. The number of rotatable bonds is 9. The second-order valence-electron chi connectivity index (χ2n) is 12.5. The van der Waals surface area contributed by atoms with Crippen molar-refractivity contribution in [2.24, 2.45) is 5.41 Å². The van der Waals surface area contributed by atoms with Crippen LogP contribution in [0.5, 0.6) is 5.75 Å². The number of benzene rings is 1. The van der Waals surface area contributed by atoms with Crippen LogP contribution in [0.3, 0.4) is 0 Å². The fraction of sp³-hybridized carbons (Fsp3) is 0.533. The van der Waals surface area contributed by atoms with Crippen molar-refractivity contribution in [3.63, 3.8) is 0 Å². The molecule has 0 spiro atoms. The van der Waals surface area contributed by atoms with Gasteiger partial charge in [-0.1, -0.05) is 17.3 Å². The number of hydrogen-bond donors (Lipinski definition) is 0. The Morgan fingerprint density at radius 3 is 2.07 bits per heavy atom. The average Bonchev–Trinajstić information content (AvgIpc) is 3.49. The topological polar surface area (TPSA) is 90.6 Å². The molecule has 3 aliphatic carbocycles. The van der Waals surface area contributed by atoms with Gasteiger partial charge in [-0.25, -0.2) is 14.7 Å². The Morgan fingerprint density at radius 1 is 0.935 bits per heavy atom. The van der Waals surface area contributed by atoms with E-state index in [-0.39, 0.29) is 24.0 Å². The van der Waals surface area contributed by atoms with Crippen LogP contribution in [0.4, 0.5) is 41.3 Å². The zero-order chi connectivity index (χ0) is 33.8. The van der Waals surface area contributed by atoms with Gasteiger partial charge in [0, 0.05) is 35.6 Å². The Labute approximate surface area is 264 Å². The number of hydrogen-bond acceptors (Lipinski definition) is 7. The maximum absolute atomic E-state index is 14.3. The highest BCUT2D eigenvalue weighted by Gasteiger charge is 2.56. The smallest absolute Gasteiger partial charge is 0.449 e. The summed E-state index contributed by atoms with van der Waals surface area (Å²) in [5.74, 6) is -4.43. The van der Waals surface area contributed by atoms with E-state index in [0.29, 0.717) is 61.5 Å². The quantitative estimate of drug-likeness (QED) is 0.165. The molecule has 0 atom stereocenters. The molecule has 2 aromatic heterocycles. The maximum Gasteiger partial charge on any atom is 0.487 e. The number of nitrogens with zero attached hydrogens (tertiary/aromatic N) is 4. The summed E-state index contributed by atoms with van der Waals surface area (Å²) in [5.41, 5.74) is -7.02. The van der Waals surface area contributed by atoms with Gasteiger partial charge < -0.3 is 14.0 Å². The van der Waals surface area contributed by atoms with Crippen LogP contribution in [0.15, 0.2) is 47.1 Å². The highest BCUT2D eigenvalue weighted by Crippen LogP contribution is 2.57. The average molecular weight is 679 g/mol. The Balaban J connectivity index is 1.33. The number of anilines is 1. The number of carbonyl (C=O) groups excluding carboxylic acids is 1. The Bertz CT molecular complexity index is 1540. The lowest BCUT2D eigenvalue weighted by Gasteiger charge is -2.51. The number of fused-ring (bicyclic) bond motifs is 3. The molecule has 250 valence electrons. The molecule has 0 N–H and O–H groups in total. The third kappa shape index (κ3) is 6.74. The van der Waals surface area contributed by atoms with Crippen LogP contribution in [0, 0.1) is 5.41 Å². The summed E-state index contributed by atoms with van der Waals surface area (Å²) in [5, 5.41) is 3.81. The highest BCUT2D eigenvalue weighted by molar-refractivity contribution is 6.20. The van der Waals surface area contributed by atoms with Gasteiger partial charge in [-0.3, -0.25) is 0 Å². The van der Waals surface area contributed by atoms with Crippen molar-refractivity contribution in [3.05, 3.63) is 54.3 Å². The monoisotopic (exact) mass is 678 g/mol. The number of halogens is 8. The summed E-state index contributed by atoms with van der Waals surface area (Å²) in [4.78, 5) is 22.0. The largest absolute Gasteiger partial charge is 0.487 e. The Morgan fingerprint density at radius 2 is 1.54 bits per heavy atom. The van der Waals surface area contributed by atoms with Crippen molar-refractivity contribution in [2.45, 2.75) is 87.9 Å². The molecule has 16 heteroatoms. The van der Waals surface area contributed by atoms with Crippen molar-refractivity contribution in [2.75, 3.05) is 11.5 Å². The van der Waals surface area contributed by atoms with Gasteiger partial charge in [0.2, 0.25) is 0 Å². The number of aromatic nitrogens is 3. The molecule has 0 unspecified atom stereocenters. The number of carbonyl (C=O) groups is 1. The minimum Gasteiger partial charge on any atom is -0.449 e.